The van der Waals surface area contributed by atoms with Crippen LogP contribution in [0.25, 0.3) is 21.1 Å². The first-order valence-corrected chi connectivity index (χ1v) is 6.69. The molecule has 0 aliphatic rings. The van der Waals surface area contributed by atoms with Crippen LogP contribution in [0.4, 0.5) is 5.69 Å². The van der Waals surface area contributed by atoms with Gasteiger partial charge in [0.25, 0.3) is 5.91 Å². The average molecular weight is 271 g/mol. The van der Waals surface area contributed by atoms with Crippen LogP contribution in [0.5, 0.6) is 0 Å². The second kappa shape index (κ2) is 3.93. The lowest BCUT2D eigenvalue weighted by molar-refractivity contribution is 0.100. The summed E-state index contributed by atoms with van der Waals surface area (Å²) in [5.41, 5.74) is 15.0. The van der Waals surface area contributed by atoms with Gasteiger partial charge in [-0.05, 0) is 37.1 Å². The minimum Gasteiger partial charge on any atom is -0.397 e. The molecule has 0 aliphatic heterocycles. The number of carbonyl (C=O) groups excluding carboxylic acids is 1. The zero-order valence-electron chi connectivity index (χ0n) is 10.7. The van der Waals surface area contributed by atoms with Crippen molar-refractivity contribution in [1.29, 1.82) is 0 Å². The normalized spacial score (nSPS) is 11.3. The summed E-state index contributed by atoms with van der Waals surface area (Å²) in [7, 11) is 0. The van der Waals surface area contributed by atoms with E-state index in [1.165, 1.54) is 11.3 Å². The first-order chi connectivity index (χ1) is 8.97. The Bertz CT molecular complexity index is 836. The van der Waals surface area contributed by atoms with Crippen LogP contribution in [0.1, 0.15) is 20.8 Å². The number of rotatable bonds is 1. The number of carbonyl (C=O) groups is 1. The highest BCUT2D eigenvalue weighted by molar-refractivity contribution is 7.21. The monoisotopic (exact) mass is 271 g/mol. The number of aromatic nitrogens is 1. The SMILES string of the molecule is Cc1cc(C)c2cc3c(N)c(C(N)=O)sc3nc2c1. The van der Waals surface area contributed by atoms with Crippen LogP contribution >= 0.6 is 11.3 Å². The highest BCUT2D eigenvalue weighted by Crippen LogP contribution is 2.35. The fourth-order valence-corrected chi connectivity index (χ4v) is 3.28. The summed E-state index contributed by atoms with van der Waals surface area (Å²) in [4.78, 5) is 17.1. The van der Waals surface area contributed by atoms with E-state index in [0.29, 0.717) is 10.6 Å². The number of nitrogens with zero attached hydrogens (tertiary/aromatic N) is 1. The molecule has 0 saturated heterocycles. The topological polar surface area (TPSA) is 82.0 Å². The molecule has 3 aromatic rings. The number of thiophene rings is 1. The molecule has 0 unspecified atom stereocenters. The zero-order valence-corrected chi connectivity index (χ0v) is 11.5. The molecule has 0 fully saturated rings. The van der Waals surface area contributed by atoms with Gasteiger partial charge >= 0.3 is 0 Å². The largest absolute Gasteiger partial charge is 0.397 e. The first-order valence-electron chi connectivity index (χ1n) is 5.87. The quantitative estimate of drug-likeness (QED) is 0.714. The molecular weight excluding hydrogens is 258 g/mol. The average Bonchev–Trinajstić information content (AvgIpc) is 2.64. The van der Waals surface area contributed by atoms with Crippen LogP contribution < -0.4 is 11.5 Å². The molecule has 19 heavy (non-hydrogen) atoms. The second-order valence-electron chi connectivity index (χ2n) is 4.70. The Morgan fingerprint density at radius 3 is 2.63 bits per heavy atom. The smallest absolute Gasteiger partial charge is 0.260 e. The molecule has 0 bridgehead atoms. The number of nitrogen functional groups attached to an aromatic ring is 1. The molecule has 1 amide bonds. The van der Waals surface area contributed by atoms with E-state index in [1.54, 1.807) is 0 Å². The maximum absolute atomic E-state index is 11.3. The highest BCUT2D eigenvalue weighted by Gasteiger charge is 2.15. The van der Waals surface area contributed by atoms with Crippen LogP contribution in [0.3, 0.4) is 0 Å². The van der Waals surface area contributed by atoms with Crippen molar-refractivity contribution >= 4 is 44.1 Å². The molecule has 0 spiro atoms. The van der Waals surface area contributed by atoms with E-state index < -0.39 is 5.91 Å². The van der Waals surface area contributed by atoms with Gasteiger partial charge in [0.15, 0.2) is 0 Å². The number of anilines is 1. The van der Waals surface area contributed by atoms with Crippen molar-refractivity contribution in [2.75, 3.05) is 5.73 Å². The summed E-state index contributed by atoms with van der Waals surface area (Å²) >= 11 is 1.25. The van der Waals surface area contributed by atoms with Gasteiger partial charge in [0.2, 0.25) is 0 Å². The van der Waals surface area contributed by atoms with E-state index in [0.717, 1.165) is 32.2 Å². The molecule has 3 rings (SSSR count). The molecule has 2 heterocycles. The Kier molecular flexibility index (Phi) is 2.46. The maximum atomic E-state index is 11.3. The van der Waals surface area contributed by atoms with Gasteiger partial charge in [0.1, 0.15) is 9.71 Å². The van der Waals surface area contributed by atoms with Crippen molar-refractivity contribution in [2.45, 2.75) is 13.8 Å². The molecule has 1 aromatic carbocycles. The summed E-state index contributed by atoms with van der Waals surface area (Å²) in [6.07, 6.45) is 0. The van der Waals surface area contributed by atoms with E-state index >= 15 is 0 Å². The van der Waals surface area contributed by atoms with E-state index in [1.807, 2.05) is 26.0 Å². The summed E-state index contributed by atoms with van der Waals surface area (Å²) in [6.45, 7) is 4.08. The van der Waals surface area contributed by atoms with E-state index in [9.17, 15) is 4.79 Å². The van der Waals surface area contributed by atoms with Gasteiger partial charge in [0, 0.05) is 10.8 Å². The van der Waals surface area contributed by atoms with Crippen LogP contribution in [0, 0.1) is 13.8 Å². The number of benzene rings is 1. The van der Waals surface area contributed by atoms with Gasteiger partial charge in [-0.2, -0.15) is 0 Å². The third-order valence-corrected chi connectivity index (χ3v) is 4.34. The van der Waals surface area contributed by atoms with Crippen molar-refractivity contribution in [3.63, 3.8) is 0 Å². The van der Waals surface area contributed by atoms with Gasteiger partial charge < -0.3 is 11.5 Å². The number of fused-ring (bicyclic) bond motifs is 2. The number of pyridine rings is 1. The maximum Gasteiger partial charge on any atom is 0.260 e. The summed E-state index contributed by atoms with van der Waals surface area (Å²) in [5, 5.41) is 1.86. The van der Waals surface area contributed by atoms with Gasteiger partial charge in [0.05, 0.1) is 11.2 Å². The fourth-order valence-electron chi connectivity index (χ4n) is 2.34. The molecule has 0 radical (unpaired) electrons. The van der Waals surface area contributed by atoms with Crippen LogP contribution in [0.2, 0.25) is 0 Å². The van der Waals surface area contributed by atoms with Crippen LogP contribution in [-0.4, -0.2) is 10.9 Å². The number of hydrogen-bond acceptors (Lipinski definition) is 4. The Balaban J connectivity index is 2.46. The highest BCUT2D eigenvalue weighted by atomic mass is 32.1. The van der Waals surface area contributed by atoms with E-state index in [-0.39, 0.29) is 0 Å². The minimum atomic E-state index is -0.502. The van der Waals surface area contributed by atoms with E-state index in [2.05, 4.69) is 11.1 Å². The van der Waals surface area contributed by atoms with Crippen molar-refractivity contribution in [3.05, 3.63) is 34.2 Å². The first kappa shape index (κ1) is 11.9. The lowest BCUT2D eigenvalue weighted by Gasteiger charge is -2.04. The summed E-state index contributed by atoms with van der Waals surface area (Å²) < 4.78 is 0. The molecule has 2 aromatic heterocycles. The number of amides is 1. The third-order valence-electron chi connectivity index (χ3n) is 3.21. The molecular formula is C14H13N3OS. The lowest BCUT2D eigenvalue weighted by Crippen LogP contribution is -2.10. The second-order valence-corrected chi connectivity index (χ2v) is 5.70. The molecule has 0 aliphatic carbocycles. The van der Waals surface area contributed by atoms with Crippen molar-refractivity contribution in [1.82, 2.24) is 4.98 Å². The van der Waals surface area contributed by atoms with Crippen LogP contribution in [-0.2, 0) is 0 Å². The van der Waals surface area contributed by atoms with E-state index in [4.69, 9.17) is 11.5 Å². The number of primary amides is 1. The standard InChI is InChI=1S/C14H13N3OS/c1-6-3-7(2)8-5-9-11(15)12(13(16)18)19-14(9)17-10(8)4-6/h3-5H,15H2,1-2H3,(H2,16,18). The van der Waals surface area contributed by atoms with Crippen molar-refractivity contribution in [3.8, 4) is 0 Å². The molecule has 5 heteroatoms. The number of hydrogen-bond donors (Lipinski definition) is 2. The fraction of sp³-hybridized carbons (Fsp3) is 0.143. The predicted octanol–water partition coefficient (Wildman–Crippen LogP) is 2.75. The Labute approximate surface area is 114 Å². The molecule has 0 atom stereocenters. The molecule has 96 valence electrons. The van der Waals surface area contributed by atoms with Gasteiger partial charge in [-0.1, -0.05) is 6.07 Å². The summed E-state index contributed by atoms with van der Waals surface area (Å²) in [6, 6.07) is 6.12. The summed E-state index contributed by atoms with van der Waals surface area (Å²) in [5.74, 6) is -0.502. The Morgan fingerprint density at radius 1 is 1.21 bits per heavy atom. The zero-order chi connectivity index (χ0) is 13.7. The predicted molar refractivity (Wildman–Crippen MR) is 79.5 cm³/mol. The number of aryl methyl sites for hydroxylation is 2. The van der Waals surface area contributed by atoms with Crippen molar-refractivity contribution < 1.29 is 4.79 Å². The Hall–Kier alpha value is -2.14. The van der Waals surface area contributed by atoms with Gasteiger partial charge in [-0.3, -0.25) is 4.79 Å². The lowest BCUT2D eigenvalue weighted by atomic mass is 10.1. The Morgan fingerprint density at radius 2 is 1.95 bits per heavy atom. The number of nitrogens with two attached hydrogens (primary N) is 2. The molecule has 0 saturated carbocycles. The van der Waals surface area contributed by atoms with Crippen molar-refractivity contribution in [2.24, 2.45) is 5.73 Å². The van der Waals surface area contributed by atoms with Gasteiger partial charge in [-0.15, -0.1) is 11.3 Å². The van der Waals surface area contributed by atoms with Crippen LogP contribution in [0.15, 0.2) is 18.2 Å². The molecule has 4 nitrogen and oxygen atoms in total. The van der Waals surface area contributed by atoms with Gasteiger partial charge in [-0.25, -0.2) is 4.98 Å². The third kappa shape index (κ3) is 1.74. The molecule has 4 N–H and O–H groups in total. The minimum absolute atomic E-state index is 0.382.